The van der Waals surface area contributed by atoms with Crippen molar-refractivity contribution in [1.82, 2.24) is 15.5 Å². The maximum atomic E-state index is 13.8. The summed E-state index contributed by atoms with van der Waals surface area (Å²) in [6.07, 6.45) is 0.423. The van der Waals surface area contributed by atoms with E-state index < -0.39 is 23.7 Å². The summed E-state index contributed by atoms with van der Waals surface area (Å²) in [6, 6.07) is 11.4. The molecule has 0 aliphatic carbocycles. The molecule has 0 unspecified atom stereocenters. The number of hydrogen-bond acceptors (Lipinski definition) is 4. The molecular formula is C22H23F2N3O3. The van der Waals surface area contributed by atoms with Gasteiger partial charge in [0.2, 0.25) is 11.8 Å². The maximum absolute atomic E-state index is 13.8. The van der Waals surface area contributed by atoms with Crippen LogP contribution in [0.15, 0.2) is 48.5 Å². The Morgan fingerprint density at radius 3 is 2.73 bits per heavy atom. The molecule has 2 N–H and O–H groups in total. The lowest BCUT2D eigenvalue weighted by molar-refractivity contribution is -0.148. The van der Waals surface area contributed by atoms with E-state index in [0.29, 0.717) is 19.6 Å². The number of piperazine rings is 1. The third-order valence-electron chi connectivity index (χ3n) is 5.49. The monoisotopic (exact) mass is 415 g/mol. The van der Waals surface area contributed by atoms with Gasteiger partial charge in [0, 0.05) is 24.7 Å². The van der Waals surface area contributed by atoms with Gasteiger partial charge in [0.05, 0.1) is 13.2 Å². The summed E-state index contributed by atoms with van der Waals surface area (Å²) in [6.45, 7) is 0.903. The Hall–Kier alpha value is -2.84. The minimum Gasteiger partial charge on any atom is -0.374 e. The van der Waals surface area contributed by atoms with Gasteiger partial charge >= 0.3 is 0 Å². The van der Waals surface area contributed by atoms with Crippen LogP contribution in [0.5, 0.6) is 0 Å². The number of rotatable bonds is 7. The second kappa shape index (κ2) is 8.89. The van der Waals surface area contributed by atoms with E-state index in [4.69, 9.17) is 4.74 Å². The highest BCUT2D eigenvalue weighted by atomic mass is 19.1. The van der Waals surface area contributed by atoms with Crippen LogP contribution in [-0.2, 0) is 27.5 Å². The molecule has 2 aliphatic rings. The van der Waals surface area contributed by atoms with Gasteiger partial charge in [-0.2, -0.15) is 0 Å². The first kappa shape index (κ1) is 20.4. The fourth-order valence-corrected chi connectivity index (χ4v) is 3.92. The Morgan fingerprint density at radius 1 is 1.13 bits per heavy atom. The van der Waals surface area contributed by atoms with Crippen molar-refractivity contribution in [1.29, 1.82) is 0 Å². The van der Waals surface area contributed by atoms with Gasteiger partial charge in [-0.15, -0.1) is 0 Å². The Labute approximate surface area is 173 Å². The summed E-state index contributed by atoms with van der Waals surface area (Å²) in [5, 5.41) is 5.87. The van der Waals surface area contributed by atoms with E-state index in [9.17, 15) is 18.4 Å². The highest BCUT2D eigenvalue weighted by Crippen LogP contribution is 2.23. The van der Waals surface area contributed by atoms with Crippen molar-refractivity contribution in [2.24, 2.45) is 0 Å². The van der Waals surface area contributed by atoms with E-state index in [1.807, 2.05) is 30.3 Å². The number of nitrogens with one attached hydrogen (secondary N) is 2. The third-order valence-corrected chi connectivity index (χ3v) is 5.49. The Bertz CT molecular complexity index is 925. The molecule has 2 fully saturated rings. The topological polar surface area (TPSA) is 70.7 Å². The second-order valence-electron chi connectivity index (χ2n) is 7.62. The SMILES string of the molecule is O=C1N[C@@H](COCc2ccccc2)C(=O)N2C[C@@H](NCc3cc(F)ccc3F)C[C@@H]12. The van der Waals surface area contributed by atoms with Crippen LogP contribution in [0.3, 0.4) is 0 Å². The number of benzene rings is 2. The van der Waals surface area contributed by atoms with Crippen LogP contribution in [0.25, 0.3) is 0 Å². The quantitative estimate of drug-likeness (QED) is 0.723. The Balaban J connectivity index is 1.31. The van der Waals surface area contributed by atoms with E-state index in [-0.39, 0.29) is 36.6 Å². The summed E-state index contributed by atoms with van der Waals surface area (Å²) < 4.78 is 32.8. The first-order valence-electron chi connectivity index (χ1n) is 9.91. The third kappa shape index (κ3) is 4.49. The minimum atomic E-state index is -0.725. The van der Waals surface area contributed by atoms with Gasteiger partial charge in [0.1, 0.15) is 23.7 Å². The summed E-state index contributed by atoms with van der Waals surface area (Å²) in [5.74, 6) is -1.41. The van der Waals surface area contributed by atoms with Gasteiger partial charge in [0.15, 0.2) is 0 Å². The van der Waals surface area contributed by atoms with Crippen molar-refractivity contribution in [3.05, 3.63) is 71.3 Å². The molecule has 4 rings (SSSR count). The highest BCUT2D eigenvalue weighted by molar-refractivity contribution is 5.97. The average molecular weight is 415 g/mol. The van der Waals surface area contributed by atoms with E-state index in [0.717, 1.165) is 23.8 Å². The lowest BCUT2D eigenvalue weighted by Crippen LogP contribution is -2.62. The lowest BCUT2D eigenvalue weighted by Gasteiger charge is -2.34. The number of nitrogens with zero attached hydrogens (tertiary/aromatic N) is 1. The molecule has 8 heteroatoms. The number of ether oxygens (including phenoxy) is 1. The molecule has 0 aromatic heterocycles. The van der Waals surface area contributed by atoms with Gasteiger partial charge in [-0.1, -0.05) is 30.3 Å². The van der Waals surface area contributed by atoms with Crippen molar-refractivity contribution in [2.75, 3.05) is 13.2 Å². The van der Waals surface area contributed by atoms with Crippen molar-refractivity contribution in [3.8, 4) is 0 Å². The maximum Gasteiger partial charge on any atom is 0.248 e. The van der Waals surface area contributed by atoms with Gasteiger partial charge in [-0.25, -0.2) is 8.78 Å². The predicted molar refractivity (Wildman–Crippen MR) is 105 cm³/mol. The predicted octanol–water partition coefficient (Wildman–Crippen LogP) is 1.74. The normalized spacial score (nSPS) is 23.4. The van der Waals surface area contributed by atoms with Crippen LogP contribution >= 0.6 is 0 Å². The molecule has 2 aromatic rings. The largest absolute Gasteiger partial charge is 0.374 e. The Morgan fingerprint density at radius 2 is 1.93 bits per heavy atom. The van der Waals surface area contributed by atoms with Crippen LogP contribution in [-0.4, -0.2) is 48.0 Å². The van der Waals surface area contributed by atoms with Gasteiger partial charge in [-0.05, 0) is 30.2 Å². The van der Waals surface area contributed by atoms with Gasteiger partial charge in [0.25, 0.3) is 0 Å². The van der Waals surface area contributed by atoms with E-state index in [1.54, 1.807) is 4.90 Å². The molecule has 0 radical (unpaired) electrons. The molecule has 2 saturated heterocycles. The van der Waals surface area contributed by atoms with E-state index >= 15 is 0 Å². The number of hydrogen-bond donors (Lipinski definition) is 2. The van der Waals surface area contributed by atoms with E-state index in [1.165, 1.54) is 0 Å². The van der Waals surface area contributed by atoms with Crippen LogP contribution in [0.2, 0.25) is 0 Å². The molecule has 2 aliphatic heterocycles. The highest BCUT2D eigenvalue weighted by Gasteiger charge is 2.46. The summed E-state index contributed by atoms with van der Waals surface area (Å²) >= 11 is 0. The van der Waals surface area contributed by atoms with Crippen LogP contribution < -0.4 is 10.6 Å². The average Bonchev–Trinajstić information content (AvgIpc) is 3.18. The molecule has 2 heterocycles. The van der Waals surface area contributed by atoms with Crippen molar-refractivity contribution in [2.45, 2.75) is 37.7 Å². The molecule has 30 heavy (non-hydrogen) atoms. The number of carbonyl (C=O) groups excluding carboxylic acids is 2. The van der Waals surface area contributed by atoms with Crippen molar-refractivity contribution >= 4 is 11.8 Å². The zero-order valence-electron chi connectivity index (χ0n) is 16.3. The number of amides is 2. The first-order valence-corrected chi connectivity index (χ1v) is 9.91. The first-order chi connectivity index (χ1) is 14.5. The summed E-state index contributed by atoms with van der Waals surface area (Å²) in [5.41, 5.74) is 1.20. The fourth-order valence-electron chi connectivity index (χ4n) is 3.92. The Kier molecular flexibility index (Phi) is 6.06. The van der Waals surface area contributed by atoms with Crippen molar-refractivity contribution in [3.63, 3.8) is 0 Å². The molecule has 0 bridgehead atoms. The molecule has 2 aromatic carbocycles. The zero-order chi connectivity index (χ0) is 21.1. The molecule has 3 atom stereocenters. The molecule has 2 amide bonds. The van der Waals surface area contributed by atoms with Gasteiger partial charge < -0.3 is 20.3 Å². The number of halogens is 2. The lowest BCUT2D eigenvalue weighted by atomic mass is 10.1. The molecule has 6 nitrogen and oxygen atoms in total. The smallest absolute Gasteiger partial charge is 0.248 e. The molecular weight excluding hydrogens is 392 g/mol. The van der Waals surface area contributed by atoms with Crippen LogP contribution in [0.1, 0.15) is 17.5 Å². The minimum absolute atomic E-state index is 0.0925. The molecule has 0 saturated carbocycles. The molecule has 158 valence electrons. The van der Waals surface area contributed by atoms with Crippen molar-refractivity contribution < 1.29 is 23.1 Å². The summed E-state index contributed by atoms with van der Waals surface area (Å²) in [4.78, 5) is 26.8. The number of carbonyl (C=O) groups is 2. The second-order valence-corrected chi connectivity index (χ2v) is 7.62. The van der Waals surface area contributed by atoms with Crippen LogP contribution in [0, 0.1) is 11.6 Å². The molecule has 0 spiro atoms. The van der Waals surface area contributed by atoms with E-state index in [2.05, 4.69) is 10.6 Å². The zero-order valence-corrected chi connectivity index (χ0v) is 16.3. The van der Waals surface area contributed by atoms with Crippen LogP contribution in [0.4, 0.5) is 8.78 Å². The number of fused-ring (bicyclic) bond motifs is 1. The summed E-state index contributed by atoms with van der Waals surface area (Å²) in [7, 11) is 0. The standard InChI is InChI=1S/C22H23F2N3O3/c23-16-6-7-18(24)15(8-16)10-25-17-9-20-21(28)26-19(22(29)27(20)11-17)13-30-12-14-4-2-1-3-5-14/h1-8,17,19-20,25H,9-13H2,(H,26,28)/t17-,19-,20-/m0/s1. The fraction of sp³-hybridized carbons (Fsp3) is 0.364. The van der Waals surface area contributed by atoms with Gasteiger partial charge in [-0.3, -0.25) is 9.59 Å².